The van der Waals surface area contributed by atoms with Crippen LogP contribution in [-0.4, -0.2) is 53.2 Å². The third-order valence-corrected chi connectivity index (χ3v) is 4.04. The maximum absolute atomic E-state index is 11.5. The van der Waals surface area contributed by atoms with Crippen LogP contribution in [0.2, 0.25) is 0 Å². The van der Waals surface area contributed by atoms with Gasteiger partial charge in [-0.05, 0) is 6.92 Å². The molecule has 0 unspecified atom stereocenters. The second-order valence-corrected chi connectivity index (χ2v) is 5.70. The Kier molecular flexibility index (Phi) is 5.13. The molecular weight excluding hydrogens is 328 g/mol. The van der Waals surface area contributed by atoms with Gasteiger partial charge in [0.2, 0.25) is 0 Å². The highest BCUT2D eigenvalue weighted by Crippen LogP contribution is 2.30. The molecule has 2 aromatic rings. The largest absolute Gasteiger partial charge is 0.466 e. The van der Waals surface area contributed by atoms with E-state index in [0.717, 1.165) is 0 Å². The molecule has 0 radical (unpaired) electrons. The molecule has 0 aromatic carbocycles. The number of nitrogens with zero attached hydrogens (tertiary/aromatic N) is 4. The molecule has 134 valence electrons. The third kappa shape index (κ3) is 3.87. The van der Waals surface area contributed by atoms with Crippen LogP contribution < -0.4 is 4.90 Å². The molecule has 25 heavy (non-hydrogen) atoms. The fourth-order valence-electron chi connectivity index (χ4n) is 2.85. The zero-order valence-electron chi connectivity index (χ0n) is 14.0. The minimum atomic E-state index is -0.386. The lowest BCUT2D eigenvalue weighted by Crippen LogP contribution is -2.36. The minimum absolute atomic E-state index is 0.0312. The Bertz CT molecular complexity index is 782. The average Bonchev–Trinajstić information content (AvgIpc) is 3.02. The van der Waals surface area contributed by atoms with Gasteiger partial charge >= 0.3 is 11.7 Å². The Morgan fingerprint density at radius 1 is 1.40 bits per heavy atom. The van der Waals surface area contributed by atoms with Crippen molar-refractivity contribution in [2.24, 2.45) is 0 Å². The number of hydrogen-bond donors (Lipinski definition) is 0. The zero-order chi connectivity index (χ0) is 17.8. The predicted molar refractivity (Wildman–Crippen MR) is 89.8 cm³/mol. The van der Waals surface area contributed by atoms with Gasteiger partial charge in [-0.3, -0.25) is 19.3 Å². The first-order valence-corrected chi connectivity index (χ1v) is 8.23. The molecule has 1 saturated heterocycles. The van der Waals surface area contributed by atoms with Gasteiger partial charge in [-0.25, -0.2) is 4.98 Å². The average molecular weight is 348 g/mol. The van der Waals surface area contributed by atoms with Crippen LogP contribution in [0.1, 0.15) is 19.0 Å². The molecule has 3 rings (SSSR count). The van der Waals surface area contributed by atoms with Gasteiger partial charge in [0, 0.05) is 31.8 Å². The van der Waals surface area contributed by atoms with Gasteiger partial charge in [-0.1, -0.05) is 0 Å². The second-order valence-electron chi connectivity index (χ2n) is 5.70. The lowest BCUT2D eigenvalue weighted by molar-refractivity contribution is -0.384. The number of esters is 1. The Morgan fingerprint density at radius 2 is 2.16 bits per heavy atom. The first-order valence-electron chi connectivity index (χ1n) is 8.23. The summed E-state index contributed by atoms with van der Waals surface area (Å²) in [4.78, 5) is 29.0. The van der Waals surface area contributed by atoms with E-state index < -0.39 is 0 Å². The number of rotatable bonds is 6. The van der Waals surface area contributed by atoms with Crippen LogP contribution in [-0.2, 0) is 20.7 Å². The number of hydrogen-bond acceptors (Lipinski definition) is 7. The van der Waals surface area contributed by atoms with Crippen LogP contribution in [0.3, 0.4) is 0 Å². The first-order chi connectivity index (χ1) is 12.1. The smallest absolute Gasteiger partial charge is 0.309 e. The highest BCUT2D eigenvalue weighted by molar-refractivity contribution is 5.70. The molecule has 2 aromatic heterocycles. The van der Waals surface area contributed by atoms with Crippen molar-refractivity contribution < 1.29 is 19.2 Å². The summed E-state index contributed by atoms with van der Waals surface area (Å²) in [6.07, 6.45) is 3.85. The first kappa shape index (κ1) is 17.2. The molecule has 0 bridgehead atoms. The van der Waals surface area contributed by atoms with E-state index in [1.807, 2.05) is 4.90 Å². The predicted octanol–water partition coefficient (Wildman–Crippen LogP) is 1.57. The molecule has 9 nitrogen and oxygen atoms in total. The van der Waals surface area contributed by atoms with Crippen molar-refractivity contribution in [1.82, 2.24) is 9.38 Å². The Morgan fingerprint density at radius 3 is 2.84 bits per heavy atom. The number of carbonyl (C=O) groups is 1. The number of fused-ring (bicyclic) bond motifs is 1. The van der Waals surface area contributed by atoms with E-state index >= 15 is 0 Å². The fourth-order valence-corrected chi connectivity index (χ4v) is 2.85. The summed E-state index contributed by atoms with van der Waals surface area (Å²) in [5.41, 5.74) is 1.89. The van der Waals surface area contributed by atoms with Crippen LogP contribution in [0, 0.1) is 10.1 Å². The number of aromatic nitrogens is 2. The van der Waals surface area contributed by atoms with Gasteiger partial charge in [0.25, 0.3) is 0 Å². The number of aryl methyl sites for hydroxylation is 1. The van der Waals surface area contributed by atoms with Crippen molar-refractivity contribution >= 4 is 23.0 Å². The van der Waals surface area contributed by atoms with E-state index in [0.29, 0.717) is 56.4 Å². The molecule has 1 aliphatic rings. The minimum Gasteiger partial charge on any atom is -0.466 e. The number of ether oxygens (including phenoxy) is 2. The molecule has 0 N–H and O–H groups in total. The lowest BCUT2D eigenvalue weighted by Gasteiger charge is -2.28. The van der Waals surface area contributed by atoms with Crippen molar-refractivity contribution in [2.45, 2.75) is 19.8 Å². The van der Waals surface area contributed by atoms with Crippen LogP contribution in [0.5, 0.6) is 0 Å². The van der Waals surface area contributed by atoms with Crippen LogP contribution >= 0.6 is 0 Å². The highest BCUT2D eigenvalue weighted by atomic mass is 16.6. The third-order valence-electron chi connectivity index (χ3n) is 4.04. The van der Waals surface area contributed by atoms with E-state index in [1.165, 1.54) is 6.20 Å². The van der Waals surface area contributed by atoms with E-state index in [4.69, 9.17) is 9.47 Å². The van der Waals surface area contributed by atoms with Gasteiger partial charge in [0.15, 0.2) is 0 Å². The van der Waals surface area contributed by atoms with Crippen LogP contribution in [0.15, 0.2) is 18.5 Å². The van der Waals surface area contributed by atoms with Crippen molar-refractivity contribution in [3.05, 3.63) is 34.3 Å². The van der Waals surface area contributed by atoms with Crippen LogP contribution in [0.4, 0.5) is 11.4 Å². The van der Waals surface area contributed by atoms with Crippen molar-refractivity contribution in [3.63, 3.8) is 0 Å². The van der Waals surface area contributed by atoms with Gasteiger partial charge in [0.05, 0.1) is 43.1 Å². The monoisotopic (exact) mass is 348 g/mol. The quantitative estimate of drug-likeness (QED) is 0.444. The standard InChI is InChI=1S/C16H20N4O5/c1-2-25-16(21)4-3-12-10-19-11-14(20(22)23)13(9-15(19)17-12)18-5-7-24-8-6-18/h9-11H,2-8H2,1H3. The molecule has 0 aliphatic carbocycles. The van der Waals surface area contributed by atoms with E-state index in [1.54, 1.807) is 23.6 Å². The van der Waals surface area contributed by atoms with Crippen molar-refractivity contribution in [1.29, 1.82) is 0 Å². The zero-order valence-corrected chi connectivity index (χ0v) is 14.0. The molecule has 0 amide bonds. The summed E-state index contributed by atoms with van der Waals surface area (Å²) in [5.74, 6) is -0.278. The Balaban J connectivity index is 1.88. The number of nitro groups is 1. The molecule has 9 heteroatoms. The summed E-state index contributed by atoms with van der Waals surface area (Å²) in [6, 6.07) is 1.72. The molecule has 3 heterocycles. The number of imidazole rings is 1. The van der Waals surface area contributed by atoms with E-state index in [9.17, 15) is 14.9 Å². The van der Waals surface area contributed by atoms with Crippen LogP contribution in [0.25, 0.3) is 5.65 Å². The summed E-state index contributed by atoms with van der Waals surface area (Å²) < 4.78 is 11.8. The maximum Gasteiger partial charge on any atom is 0.309 e. The van der Waals surface area contributed by atoms with Gasteiger partial charge < -0.3 is 14.4 Å². The SMILES string of the molecule is CCOC(=O)CCc1cn2cc([N+](=O)[O-])c(N3CCOCC3)cc2n1. The Hall–Kier alpha value is -2.68. The van der Waals surface area contributed by atoms with Gasteiger partial charge in [0.1, 0.15) is 11.3 Å². The van der Waals surface area contributed by atoms with Crippen molar-refractivity contribution in [3.8, 4) is 0 Å². The molecule has 0 spiro atoms. The van der Waals surface area contributed by atoms with Crippen molar-refractivity contribution in [2.75, 3.05) is 37.8 Å². The summed E-state index contributed by atoms with van der Waals surface area (Å²) in [6.45, 7) is 4.40. The summed E-state index contributed by atoms with van der Waals surface area (Å²) in [7, 11) is 0. The molecular formula is C16H20N4O5. The summed E-state index contributed by atoms with van der Waals surface area (Å²) >= 11 is 0. The number of carbonyl (C=O) groups excluding carboxylic acids is 1. The molecule has 0 saturated carbocycles. The van der Waals surface area contributed by atoms with Gasteiger partial charge in [-0.15, -0.1) is 0 Å². The summed E-state index contributed by atoms with van der Waals surface area (Å²) in [5, 5.41) is 11.5. The molecule has 0 atom stereocenters. The lowest BCUT2D eigenvalue weighted by atomic mass is 10.2. The van der Waals surface area contributed by atoms with Gasteiger partial charge in [-0.2, -0.15) is 0 Å². The Labute approximate surface area is 144 Å². The normalized spacial score (nSPS) is 14.7. The highest BCUT2D eigenvalue weighted by Gasteiger charge is 2.23. The number of anilines is 1. The second kappa shape index (κ2) is 7.47. The topological polar surface area (TPSA) is 99.2 Å². The fraction of sp³-hybridized carbons (Fsp3) is 0.500. The number of morpholine rings is 1. The van der Waals surface area contributed by atoms with E-state index in [2.05, 4.69) is 4.98 Å². The maximum atomic E-state index is 11.5. The van der Waals surface area contributed by atoms with E-state index in [-0.39, 0.29) is 23.0 Å². The number of pyridine rings is 1. The molecule has 1 aliphatic heterocycles. The molecule has 1 fully saturated rings.